The van der Waals surface area contributed by atoms with Crippen molar-refractivity contribution in [1.82, 2.24) is 20.4 Å². The SMILES string of the molecule is CCC(=O)N(c1nnc(S[C@@H](C)c2nnc(-c3ccc(F)cc3)o2)s1)C1CC1. The Bertz CT molecular complexity index is 971. The van der Waals surface area contributed by atoms with Gasteiger partial charge in [0.25, 0.3) is 0 Å². The van der Waals surface area contributed by atoms with Crippen LogP contribution in [0.1, 0.15) is 44.3 Å². The first-order chi connectivity index (χ1) is 13.5. The summed E-state index contributed by atoms with van der Waals surface area (Å²) in [6.07, 6.45) is 2.47. The van der Waals surface area contributed by atoms with E-state index < -0.39 is 0 Å². The van der Waals surface area contributed by atoms with E-state index in [-0.39, 0.29) is 23.0 Å². The Hall–Kier alpha value is -2.33. The molecule has 1 aromatic carbocycles. The zero-order chi connectivity index (χ0) is 19.7. The molecule has 10 heteroatoms. The fourth-order valence-electron chi connectivity index (χ4n) is 2.63. The summed E-state index contributed by atoms with van der Waals surface area (Å²) in [5, 5.41) is 17.0. The van der Waals surface area contributed by atoms with Crippen LogP contribution < -0.4 is 4.90 Å². The van der Waals surface area contributed by atoms with Crippen molar-refractivity contribution in [2.24, 2.45) is 0 Å². The van der Waals surface area contributed by atoms with E-state index in [4.69, 9.17) is 4.42 Å². The van der Waals surface area contributed by atoms with Crippen LogP contribution in [0.4, 0.5) is 9.52 Å². The van der Waals surface area contributed by atoms with Crippen molar-refractivity contribution in [1.29, 1.82) is 0 Å². The molecule has 28 heavy (non-hydrogen) atoms. The molecule has 0 spiro atoms. The highest BCUT2D eigenvalue weighted by atomic mass is 32.2. The van der Waals surface area contributed by atoms with Crippen molar-refractivity contribution in [3.63, 3.8) is 0 Å². The molecule has 0 unspecified atom stereocenters. The van der Waals surface area contributed by atoms with Gasteiger partial charge in [-0.05, 0) is 44.0 Å². The molecule has 1 aliphatic rings. The molecule has 1 atom stereocenters. The van der Waals surface area contributed by atoms with Crippen molar-refractivity contribution < 1.29 is 13.6 Å². The Balaban J connectivity index is 1.46. The van der Waals surface area contributed by atoms with Gasteiger partial charge >= 0.3 is 0 Å². The summed E-state index contributed by atoms with van der Waals surface area (Å²) in [5.74, 6) is 0.545. The number of carbonyl (C=O) groups excluding carboxylic acids is 1. The van der Waals surface area contributed by atoms with Crippen molar-refractivity contribution in [2.75, 3.05) is 4.90 Å². The number of amides is 1. The Kier molecular flexibility index (Phi) is 5.40. The van der Waals surface area contributed by atoms with Gasteiger partial charge in [-0.3, -0.25) is 9.69 Å². The van der Waals surface area contributed by atoms with Crippen LogP contribution in [0.2, 0.25) is 0 Å². The second kappa shape index (κ2) is 7.96. The monoisotopic (exact) mass is 419 g/mol. The standard InChI is InChI=1S/C18H18FN5O2S2/c1-3-14(25)24(13-8-9-13)17-22-23-18(28-17)27-10(2)15-20-21-16(26-15)11-4-6-12(19)7-5-11/h4-7,10,13H,3,8-9H2,1-2H3/t10-/m0/s1. The van der Waals surface area contributed by atoms with E-state index in [1.165, 1.54) is 35.2 Å². The van der Waals surface area contributed by atoms with Crippen molar-refractivity contribution in [3.05, 3.63) is 36.0 Å². The molecule has 4 rings (SSSR count). The summed E-state index contributed by atoms with van der Waals surface area (Å²) in [6, 6.07) is 6.15. The predicted octanol–water partition coefficient (Wildman–Crippen LogP) is 4.49. The highest BCUT2D eigenvalue weighted by Crippen LogP contribution is 2.40. The third kappa shape index (κ3) is 4.07. The molecule has 0 bridgehead atoms. The van der Waals surface area contributed by atoms with Crippen molar-refractivity contribution in [3.8, 4) is 11.5 Å². The smallest absolute Gasteiger partial charge is 0.247 e. The Morgan fingerprint density at radius 1 is 1.29 bits per heavy atom. The Morgan fingerprint density at radius 2 is 2.04 bits per heavy atom. The molecule has 1 aliphatic carbocycles. The third-order valence-corrected chi connectivity index (χ3v) is 6.34. The van der Waals surface area contributed by atoms with Gasteiger partial charge in [-0.15, -0.1) is 20.4 Å². The van der Waals surface area contributed by atoms with Crippen LogP contribution in [0.3, 0.4) is 0 Å². The summed E-state index contributed by atoms with van der Waals surface area (Å²) in [4.78, 5) is 14.0. The quantitative estimate of drug-likeness (QED) is 0.412. The Morgan fingerprint density at radius 3 is 2.71 bits per heavy atom. The van der Waals surface area contributed by atoms with E-state index in [0.29, 0.717) is 28.9 Å². The number of nitrogens with zero attached hydrogens (tertiary/aromatic N) is 5. The first-order valence-electron chi connectivity index (χ1n) is 8.96. The number of benzene rings is 1. The first kappa shape index (κ1) is 19.0. The predicted molar refractivity (Wildman–Crippen MR) is 105 cm³/mol. The minimum absolute atomic E-state index is 0.0732. The second-order valence-corrected chi connectivity index (χ2v) is 8.96. The number of hydrogen-bond acceptors (Lipinski definition) is 8. The maximum absolute atomic E-state index is 13.1. The molecule has 0 radical (unpaired) electrons. The number of thioether (sulfide) groups is 1. The summed E-state index contributed by atoms with van der Waals surface area (Å²) >= 11 is 2.84. The fourth-order valence-corrected chi connectivity index (χ4v) is 4.73. The number of aromatic nitrogens is 4. The molecular formula is C18H18FN5O2S2. The van der Waals surface area contributed by atoms with Gasteiger partial charge in [0.15, 0.2) is 4.34 Å². The lowest BCUT2D eigenvalue weighted by Gasteiger charge is -2.17. The summed E-state index contributed by atoms with van der Waals surface area (Å²) in [7, 11) is 0. The molecule has 1 saturated carbocycles. The van der Waals surface area contributed by atoms with Crippen LogP contribution in [0.5, 0.6) is 0 Å². The molecule has 0 N–H and O–H groups in total. The topological polar surface area (TPSA) is 85.0 Å². The first-order valence-corrected chi connectivity index (χ1v) is 10.7. The number of hydrogen-bond donors (Lipinski definition) is 0. The number of carbonyl (C=O) groups is 1. The molecule has 1 amide bonds. The summed E-state index contributed by atoms with van der Waals surface area (Å²) in [5.41, 5.74) is 0.661. The van der Waals surface area contributed by atoms with E-state index in [0.717, 1.165) is 17.2 Å². The van der Waals surface area contributed by atoms with Crippen LogP contribution in [0.15, 0.2) is 33.0 Å². The molecule has 0 saturated heterocycles. The lowest BCUT2D eigenvalue weighted by molar-refractivity contribution is -0.118. The van der Waals surface area contributed by atoms with E-state index >= 15 is 0 Å². The summed E-state index contributed by atoms with van der Waals surface area (Å²) in [6.45, 7) is 3.79. The third-order valence-electron chi connectivity index (χ3n) is 4.24. The average molecular weight is 420 g/mol. The molecule has 7 nitrogen and oxygen atoms in total. The van der Waals surface area contributed by atoms with Crippen molar-refractivity contribution >= 4 is 34.1 Å². The lowest BCUT2D eigenvalue weighted by atomic mass is 10.2. The van der Waals surface area contributed by atoms with E-state index in [2.05, 4.69) is 20.4 Å². The highest BCUT2D eigenvalue weighted by molar-refractivity contribution is 8.01. The molecule has 3 aromatic rings. The normalized spacial score (nSPS) is 14.8. The molecule has 146 valence electrons. The Labute approximate surface area is 169 Å². The van der Waals surface area contributed by atoms with Gasteiger partial charge in [-0.25, -0.2) is 4.39 Å². The maximum atomic E-state index is 13.1. The van der Waals surface area contributed by atoms with Crippen LogP contribution in [-0.2, 0) is 4.79 Å². The van der Waals surface area contributed by atoms with E-state index in [9.17, 15) is 9.18 Å². The number of rotatable bonds is 7. The zero-order valence-electron chi connectivity index (χ0n) is 15.3. The summed E-state index contributed by atoms with van der Waals surface area (Å²) < 4.78 is 19.5. The second-order valence-electron chi connectivity index (χ2n) is 6.41. The van der Waals surface area contributed by atoms with Gasteiger partial charge in [-0.1, -0.05) is 30.0 Å². The molecule has 1 fully saturated rings. The van der Waals surface area contributed by atoms with E-state index in [1.807, 2.05) is 13.8 Å². The molecular weight excluding hydrogens is 401 g/mol. The molecule has 2 heterocycles. The van der Waals surface area contributed by atoms with Gasteiger partial charge in [0, 0.05) is 18.0 Å². The van der Waals surface area contributed by atoms with Crippen LogP contribution in [0.25, 0.3) is 11.5 Å². The highest BCUT2D eigenvalue weighted by Gasteiger charge is 2.35. The van der Waals surface area contributed by atoms with Gasteiger partial charge in [0.05, 0.1) is 5.25 Å². The van der Waals surface area contributed by atoms with Gasteiger partial charge in [0.1, 0.15) is 5.82 Å². The number of anilines is 1. The van der Waals surface area contributed by atoms with Crippen molar-refractivity contribution in [2.45, 2.75) is 48.7 Å². The number of halogens is 1. The van der Waals surface area contributed by atoms with Crippen LogP contribution in [-0.4, -0.2) is 32.3 Å². The largest absolute Gasteiger partial charge is 0.419 e. The lowest BCUT2D eigenvalue weighted by Crippen LogP contribution is -2.32. The zero-order valence-corrected chi connectivity index (χ0v) is 17.0. The van der Waals surface area contributed by atoms with Gasteiger partial charge in [0.2, 0.25) is 22.8 Å². The molecule has 0 aliphatic heterocycles. The van der Waals surface area contributed by atoms with E-state index in [1.54, 1.807) is 17.0 Å². The minimum Gasteiger partial charge on any atom is -0.419 e. The average Bonchev–Trinajstić information content (AvgIpc) is 3.21. The van der Waals surface area contributed by atoms with Gasteiger partial charge < -0.3 is 4.42 Å². The van der Waals surface area contributed by atoms with Gasteiger partial charge in [-0.2, -0.15) is 0 Å². The fraction of sp³-hybridized carbons (Fsp3) is 0.389. The maximum Gasteiger partial charge on any atom is 0.247 e. The van der Waals surface area contributed by atoms with Crippen LogP contribution in [0, 0.1) is 5.82 Å². The molecule has 2 aromatic heterocycles. The van der Waals surface area contributed by atoms with Crippen LogP contribution >= 0.6 is 23.1 Å². The minimum atomic E-state index is -0.318.